The number of amides is 2. The quantitative estimate of drug-likeness (QED) is 0.895. The summed E-state index contributed by atoms with van der Waals surface area (Å²) in [6.07, 6.45) is 3.37. The van der Waals surface area contributed by atoms with Crippen LogP contribution in [0.2, 0.25) is 0 Å². The van der Waals surface area contributed by atoms with E-state index in [2.05, 4.69) is 5.32 Å². The number of pyridine rings is 1. The smallest absolute Gasteiger partial charge is 0.322 e. The first-order chi connectivity index (χ1) is 12.1. The van der Waals surface area contributed by atoms with Crippen LogP contribution in [0.4, 0.5) is 10.5 Å². The number of nitrogens with one attached hydrogen (secondary N) is 1. The van der Waals surface area contributed by atoms with Crippen molar-refractivity contribution in [3.8, 4) is 0 Å². The number of aliphatic hydroxyl groups excluding tert-OH is 1. The molecular weight excluding hydrogens is 318 g/mol. The zero-order valence-electron chi connectivity index (χ0n) is 14.3. The second-order valence-corrected chi connectivity index (χ2v) is 6.44. The SMILES string of the molecule is Cc1ccc(Cn2cccc(NC(=O)N3CCC[C@H]3CO)c2=O)cc1. The van der Waals surface area contributed by atoms with Gasteiger partial charge in [-0.15, -0.1) is 0 Å². The van der Waals surface area contributed by atoms with Gasteiger partial charge in [0.15, 0.2) is 0 Å². The molecule has 0 aliphatic carbocycles. The molecule has 3 rings (SSSR count). The maximum atomic E-state index is 12.6. The van der Waals surface area contributed by atoms with E-state index in [1.807, 2.05) is 31.2 Å². The van der Waals surface area contributed by atoms with Gasteiger partial charge in [-0.3, -0.25) is 4.79 Å². The summed E-state index contributed by atoms with van der Waals surface area (Å²) in [6.45, 7) is 3.01. The highest BCUT2D eigenvalue weighted by Gasteiger charge is 2.28. The van der Waals surface area contributed by atoms with Crippen molar-refractivity contribution in [1.82, 2.24) is 9.47 Å². The number of urea groups is 1. The Morgan fingerprint density at radius 2 is 2.04 bits per heavy atom. The summed E-state index contributed by atoms with van der Waals surface area (Å²) < 4.78 is 1.58. The highest BCUT2D eigenvalue weighted by molar-refractivity contribution is 5.89. The Hall–Kier alpha value is -2.60. The van der Waals surface area contributed by atoms with E-state index < -0.39 is 0 Å². The lowest BCUT2D eigenvalue weighted by molar-refractivity contribution is 0.166. The lowest BCUT2D eigenvalue weighted by Gasteiger charge is -2.23. The summed E-state index contributed by atoms with van der Waals surface area (Å²) in [5.41, 5.74) is 2.21. The van der Waals surface area contributed by atoms with Crippen molar-refractivity contribution in [2.45, 2.75) is 32.4 Å². The second-order valence-electron chi connectivity index (χ2n) is 6.44. The van der Waals surface area contributed by atoms with Gasteiger partial charge in [0.2, 0.25) is 0 Å². The van der Waals surface area contributed by atoms with Crippen molar-refractivity contribution in [3.05, 3.63) is 64.1 Å². The van der Waals surface area contributed by atoms with Crippen molar-refractivity contribution < 1.29 is 9.90 Å². The number of aliphatic hydroxyl groups is 1. The third-order valence-electron chi connectivity index (χ3n) is 4.58. The normalized spacial score (nSPS) is 16.9. The van der Waals surface area contributed by atoms with E-state index in [0.717, 1.165) is 18.4 Å². The molecule has 1 aliphatic rings. The predicted molar refractivity (Wildman–Crippen MR) is 96.8 cm³/mol. The number of carbonyl (C=O) groups excluding carboxylic acids is 1. The van der Waals surface area contributed by atoms with E-state index in [4.69, 9.17) is 0 Å². The fourth-order valence-electron chi connectivity index (χ4n) is 3.13. The summed E-state index contributed by atoms with van der Waals surface area (Å²) in [4.78, 5) is 26.6. The monoisotopic (exact) mass is 341 g/mol. The van der Waals surface area contributed by atoms with Crippen LogP contribution in [0.15, 0.2) is 47.4 Å². The van der Waals surface area contributed by atoms with Gasteiger partial charge in [0.05, 0.1) is 19.2 Å². The number of aromatic nitrogens is 1. The van der Waals surface area contributed by atoms with Crippen LogP contribution < -0.4 is 10.9 Å². The minimum absolute atomic E-state index is 0.0557. The number of hydrogen-bond donors (Lipinski definition) is 2. The van der Waals surface area contributed by atoms with Crippen LogP contribution in [-0.4, -0.2) is 39.8 Å². The maximum Gasteiger partial charge on any atom is 0.322 e. The molecule has 2 heterocycles. The van der Waals surface area contributed by atoms with Gasteiger partial charge >= 0.3 is 6.03 Å². The number of likely N-dealkylation sites (tertiary alicyclic amines) is 1. The molecule has 1 fully saturated rings. The Balaban J connectivity index is 1.75. The van der Waals surface area contributed by atoms with Crippen molar-refractivity contribution in [2.75, 3.05) is 18.5 Å². The highest BCUT2D eigenvalue weighted by atomic mass is 16.3. The second kappa shape index (κ2) is 7.53. The fourth-order valence-corrected chi connectivity index (χ4v) is 3.13. The number of carbonyl (C=O) groups is 1. The first kappa shape index (κ1) is 17.2. The Labute approximate surface area is 146 Å². The minimum Gasteiger partial charge on any atom is -0.394 e. The third kappa shape index (κ3) is 3.91. The molecule has 0 radical (unpaired) electrons. The van der Waals surface area contributed by atoms with Crippen LogP contribution in [0, 0.1) is 6.92 Å². The first-order valence-corrected chi connectivity index (χ1v) is 8.52. The molecule has 6 nitrogen and oxygen atoms in total. The standard InChI is InChI=1S/C19H23N3O3/c1-14-6-8-15(9-7-14)12-21-10-3-5-17(18(21)24)20-19(25)22-11-2-4-16(22)13-23/h3,5-10,16,23H,2,4,11-13H2,1H3,(H,20,25)/t16-/m0/s1. The average molecular weight is 341 g/mol. The number of nitrogens with zero attached hydrogens (tertiary/aromatic N) is 2. The Morgan fingerprint density at radius 1 is 1.28 bits per heavy atom. The number of rotatable bonds is 4. The molecule has 25 heavy (non-hydrogen) atoms. The first-order valence-electron chi connectivity index (χ1n) is 8.52. The molecule has 6 heteroatoms. The van der Waals surface area contributed by atoms with Crippen LogP contribution in [-0.2, 0) is 6.54 Å². The van der Waals surface area contributed by atoms with Gasteiger partial charge in [-0.1, -0.05) is 29.8 Å². The Kier molecular flexibility index (Phi) is 5.19. The van der Waals surface area contributed by atoms with Crippen LogP contribution in [0.25, 0.3) is 0 Å². The van der Waals surface area contributed by atoms with E-state index in [1.165, 1.54) is 5.56 Å². The van der Waals surface area contributed by atoms with Crippen molar-refractivity contribution in [3.63, 3.8) is 0 Å². The third-order valence-corrected chi connectivity index (χ3v) is 4.58. The van der Waals surface area contributed by atoms with E-state index in [0.29, 0.717) is 13.1 Å². The summed E-state index contributed by atoms with van der Waals surface area (Å²) >= 11 is 0. The van der Waals surface area contributed by atoms with E-state index in [-0.39, 0.29) is 29.9 Å². The van der Waals surface area contributed by atoms with E-state index in [1.54, 1.807) is 27.8 Å². The molecule has 0 spiro atoms. The number of anilines is 1. The molecule has 1 aliphatic heterocycles. The molecule has 0 saturated carbocycles. The highest BCUT2D eigenvalue weighted by Crippen LogP contribution is 2.17. The van der Waals surface area contributed by atoms with E-state index >= 15 is 0 Å². The lowest BCUT2D eigenvalue weighted by atomic mass is 10.1. The lowest BCUT2D eigenvalue weighted by Crippen LogP contribution is -2.41. The molecule has 0 unspecified atom stereocenters. The molecule has 132 valence electrons. The number of hydrogen-bond acceptors (Lipinski definition) is 3. The summed E-state index contributed by atoms with van der Waals surface area (Å²) in [5, 5.41) is 12.0. The average Bonchev–Trinajstić information content (AvgIpc) is 3.09. The fraction of sp³-hybridized carbons (Fsp3) is 0.368. The summed E-state index contributed by atoms with van der Waals surface area (Å²) in [7, 11) is 0. The number of benzene rings is 1. The molecule has 2 amide bonds. The zero-order chi connectivity index (χ0) is 17.8. The topological polar surface area (TPSA) is 74.6 Å². The number of aryl methyl sites for hydroxylation is 1. The molecule has 0 bridgehead atoms. The van der Waals surface area contributed by atoms with Crippen LogP contribution >= 0.6 is 0 Å². The van der Waals surface area contributed by atoms with Gasteiger partial charge in [0, 0.05) is 12.7 Å². The predicted octanol–water partition coefficient (Wildman–Crippen LogP) is 2.19. The van der Waals surface area contributed by atoms with Crippen LogP contribution in [0.5, 0.6) is 0 Å². The molecule has 2 aromatic rings. The summed E-state index contributed by atoms with van der Waals surface area (Å²) in [5.74, 6) is 0. The molecule has 1 atom stereocenters. The van der Waals surface area contributed by atoms with Gasteiger partial charge in [-0.25, -0.2) is 4.79 Å². The Bertz CT molecular complexity index is 798. The van der Waals surface area contributed by atoms with Gasteiger partial charge < -0.3 is 19.9 Å². The van der Waals surface area contributed by atoms with Crippen LogP contribution in [0.3, 0.4) is 0 Å². The molecule has 1 aromatic carbocycles. The van der Waals surface area contributed by atoms with Gasteiger partial charge in [0.25, 0.3) is 5.56 Å². The van der Waals surface area contributed by atoms with Gasteiger partial charge in [0.1, 0.15) is 5.69 Å². The molecule has 1 saturated heterocycles. The molecular formula is C19H23N3O3. The summed E-state index contributed by atoms with van der Waals surface area (Å²) in [6, 6.07) is 10.9. The minimum atomic E-state index is -0.332. The van der Waals surface area contributed by atoms with Crippen molar-refractivity contribution >= 4 is 11.7 Å². The molecule has 2 N–H and O–H groups in total. The van der Waals surface area contributed by atoms with E-state index in [9.17, 15) is 14.7 Å². The van der Waals surface area contributed by atoms with Gasteiger partial charge in [-0.05, 0) is 37.5 Å². The van der Waals surface area contributed by atoms with Crippen molar-refractivity contribution in [2.24, 2.45) is 0 Å². The molecule has 1 aromatic heterocycles. The zero-order valence-corrected chi connectivity index (χ0v) is 14.3. The van der Waals surface area contributed by atoms with Gasteiger partial charge in [-0.2, -0.15) is 0 Å². The van der Waals surface area contributed by atoms with Crippen molar-refractivity contribution in [1.29, 1.82) is 0 Å². The Morgan fingerprint density at radius 3 is 2.76 bits per heavy atom. The largest absolute Gasteiger partial charge is 0.394 e. The maximum absolute atomic E-state index is 12.6. The van der Waals surface area contributed by atoms with Crippen LogP contribution in [0.1, 0.15) is 24.0 Å².